The molecular formula is C11H13NO2. The lowest BCUT2D eigenvalue weighted by atomic mass is 9.85. The summed E-state index contributed by atoms with van der Waals surface area (Å²) in [4.78, 5) is 25.2. The number of hydrogen-bond acceptors (Lipinski definition) is 2. The van der Waals surface area contributed by atoms with Crippen molar-refractivity contribution in [2.75, 3.05) is 6.54 Å². The van der Waals surface area contributed by atoms with Gasteiger partial charge in [0, 0.05) is 6.54 Å². The summed E-state index contributed by atoms with van der Waals surface area (Å²) in [5, 5.41) is 0. The van der Waals surface area contributed by atoms with E-state index in [0.717, 1.165) is 6.42 Å². The Hall–Kier alpha value is -1.12. The average molecular weight is 191 g/mol. The highest BCUT2D eigenvalue weighted by atomic mass is 16.2. The first-order valence-electron chi connectivity index (χ1n) is 5.27. The standard InChI is InChI=1S/C11H13NO2/c1-2-12-10(13)8-6-3-4-7(5-6)9(8)11(12)14/h3-4,6-9H,2,5H2,1H3/t6-,7+,8-,9+. The van der Waals surface area contributed by atoms with Crippen LogP contribution < -0.4 is 0 Å². The molecule has 3 nitrogen and oxygen atoms in total. The van der Waals surface area contributed by atoms with Gasteiger partial charge < -0.3 is 0 Å². The van der Waals surface area contributed by atoms with E-state index in [1.165, 1.54) is 4.90 Å². The SMILES string of the molecule is CCN1C(=O)[C@@H]2[C@H](C1=O)[C@@H]1C=C[C@H]2C1. The molecule has 2 bridgehead atoms. The highest BCUT2D eigenvalue weighted by Gasteiger charge is 2.58. The zero-order valence-corrected chi connectivity index (χ0v) is 8.14. The summed E-state index contributed by atoms with van der Waals surface area (Å²) in [6.07, 6.45) is 5.26. The van der Waals surface area contributed by atoms with Crippen LogP contribution in [0.2, 0.25) is 0 Å². The van der Waals surface area contributed by atoms with Gasteiger partial charge in [-0.2, -0.15) is 0 Å². The number of nitrogens with zero attached hydrogens (tertiary/aromatic N) is 1. The molecule has 1 heterocycles. The zero-order valence-electron chi connectivity index (χ0n) is 8.14. The molecule has 14 heavy (non-hydrogen) atoms. The molecule has 3 aliphatic rings. The molecule has 2 aliphatic carbocycles. The van der Waals surface area contributed by atoms with Crippen LogP contribution >= 0.6 is 0 Å². The van der Waals surface area contributed by atoms with E-state index in [-0.39, 0.29) is 23.7 Å². The molecule has 74 valence electrons. The summed E-state index contributed by atoms with van der Waals surface area (Å²) >= 11 is 0. The van der Waals surface area contributed by atoms with Crippen molar-refractivity contribution in [3.8, 4) is 0 Å². The Labute approximate surface area is 82.8 Å². The Morgan fingerprint density at radius 2 is 1.71 bits per heavy atom. The van der Waals surface area contributed by atoms with Crippen molar-refractivity contribution in [3.63, 3.8) is 0 Å². The quantitative estimate of drug-likeness (QED) is 0.454. The van der Waals surface area contributed by atoms with Gasteiger partial charge in [-0.15, -0.1) is 0 Å². The van der Waals surface area contributed by atoms with Crippen LogP contribution in [0.25, 0.3) is 0 Å². The van der Waals surface area contributed by atoms with Gasteiger partial charge in [0.25, 0.3) is 0 Å². The van der Waals surface area contributed by atoms with E-state index in [1.807, 2.05) is 6.92 Å². The molecule has 2 fully saturated rings. The number of fused-ring (bicyclic) bond motifs is 5. The number of imide groups is 1. The molecule has 2 amide bonds. The summed E-state index contributed by atoms with van der Waals surface area (Å²) in [5.41, 5.74) is 0. The van der Waals surface area contributed by atoms with Crippen molar-refractivity contribution in [1.82, 2.24) is 4.90 Å². The fourth-order valence-electron chi connectivity index (χ4n) is 3.28. The van der Waals surface area contributed by atoms with E-state index in [2.05, 4.69) is 12.2 Å². The van der Waals surface area contributed by atoms with Gasteiger partial charge in [-0.05, 0) is 25.2 Å². The maximum atomic E-state index is 11.9. The fraction of sp³-hybridized carbons (Fsp3) is 0.636. The van der Waals surface area contributed by atoms with Crippen LogP contribution in [0.15, 0.2) is 12.2 Å². The van der Waals surface area contributed by atoms with Gasteiger partial charge in [-0.1, -0.05) is 12.2 Å². The predicted molar refractivity (Wildman–Crippen MR) is 50.1 cm³/mol. The van der Waals surface area contributed by atoms with E-state index >= 15 is 0 Å². The van der Waals surface area contributed by atoms with E-state index < -0.39 is 0 Å². The van der Waals surface area contributed by atoms with Crippen LogP contribution in [0.1, 0.15) is 13.3 Å². The van der Waals surface area contributed by atoms with Crippen molar-refractivity contribution in [2.24, 2.45) is 23.7 Å². The number of likely N-dealkylation sites (tertiary alicyclic amines) is 1. The van der Waals surface area contributed by atoms with Crippen molar-refractivity contribution >= 4 is 11.8 Å². The number of rotatable bonds is 1. The number of amides is 2. The topological polar surface area (TPSA) is 37.4 Å². The van der Waals surface area contributed by atoms with E-state index in [1.54, 1.807) is 0 Å². The second kappa shape index (κ2) is 2.47. The molecule has 1 saturated carbocycles. The predicted octanol–water partition coefficient (Wildman–Crippen LogP) is 0.813. The summed E-state index contributed by atoms with van der Waals surface area (Å²) in [7, 11) is 0. The molecule has 0 unspecified atom stereocenters. The number of hydrogen-bond donors (Lipinski definition) is 0. The van der Waals surface area contributed by atoms with Crippen LogP contribution in [0.5, 0.6) is 0 Å². The maximum absolute atomic E-state index is 11.9. The minimum atomic E-state index is -0.0163. The van der Waals surface area contributed by atoms with Crippen LogP contribution in [0, 0.1) is 23.7 Å². The molecule has 1 saturated heterocycles. The first-order chi connectivity index (χ1) is 6.74. The van der Waals surface area contributed by atoms with E-state index in [0.29, 0.717) is 18.4 Å². The van der Waals surface area contributed by atoms with Gasteiger partial charge in [0.15, 0.2) is 0 Å². The second-order valence-corrected chi connectivity index (χ2v) is 4.42. The van der Waals surface area contributed by atoms with Gasteiger partial charge in [0.05, 0.1) is 11.8 Å². The molecule has 1 aliphatic heterocycles. The zero-order chi connectivity index (χ0) is 9.87. The lowest BCUT2D eigenvalue weighted by Crippen LogP contribution is -2.32. The highest BCUT2D eigenvalue weighted by molar-refractivity contribution is 6.06. The van der Waals surface area contributed by atoms with Gasteiger partial charge >= 0.3 is 0 Å². The Kier molecular flexibility index (Phi) is 1.45. The Morgan fingerprint density at radius 1 is 1.21 bits per heavy atom. The van der Waals surface area contributed by atoms with Crippen molar-refractivity contribution in [3.05, 3.63) is 12.2 Å². The third kappa shape index (κ3) is 0.740. The minimum absolute atomic E-state index is 0.0163. The van der Waals surface area contributed by atoms with E-state index in [9.17, 15) is 9.59 Å². The lowest BCUT2D eigenvalue weighted by Gasteiger charge is -2.14. The third-order valence-electron chi connectivity index (χ3n) is 3.88. The monoisotopic (exact) mass is 191 g/mol. The molecular weight excluding hydrogens is 178 g/mol. The van der Waals surface area contributed by atoms with Crippen LogP contribution in [0.4, 0.5) is 0 Å². The Balaban J connectivity index is 2.02. The average Bonchev–Trinajstić information content (AvgIpc) is 2.80. The van der Waals surface area contributed by atoms with Crippen molar-refractivity contribution < 1.29 is 9.59 Å². The molecule has 4 atom stereocenters. The minimum Gasteiger partial charge on any atom is -0.282 e. The normalized spacial score (nSPS) is 43.9. The second-order valence-electron chi connectivity index (χ2n) is 4.42. The Bertz CT molecular complexity index is 317. The van der Waals surface area contributed by atoms with E-state index in [4.69, 9.17) is 0 Å². The molecule has 0 aromatic rings. The van der Waals surface area contributed by atoms with Crippen LogP contribution in [-0.2, 0) is 9.59 Å². The van der Waals surface area contributed by atoms with Crippen LogP contribution in [-0.4, -0.2) is 23.3 Å². The van der Waals surface area contributed by atoms with Crippen LogP contribution in [0.3, 0.4) is 0 Å². The molecule has 3 heteroatoms. The molecule has 0 radical (unpaired) electrons. The maximum Gasteiger partial charge on any atom is 0.233 e. The number of carbonyl (C=O) groups is 2. The van der Waals surface area contributed by atoms with Crippen molar-refractivity contribution in [1.29, 1.82) is 0 Å². The summed E-state index contributed by atoms with van der Waals surface area (Å²) < 4.78 is 0. The third-order valence-corrected chi connectivity index (χ3v) is 3.88. The highest BCUT2D eigenvalue weighted by Crippen LogP contribution is 2.52. The molecule has 0 aromatic carbocycles. The van der Waals surface area contributed by atoms with Gasteiger partial charge in [-0.3, -0.25) is 14.5 Å². The summed E-state index contributed by atoms with van der Waals surface area (Å²) in [5.74, 6) is 0.796. The molecule has 0 aromatic heterocycles. The first kappa shape index (κ1) is 8.21. The summed E-state index contributed by atoms with van der Waals surface area (Å²) in [6.45, 7) is 2.40. The molecule has 0 spiro atoms. The number of carbonyl (C=O) groups excluding carboxylic acids is 2. The molecule has 3 rings (SSSR count). The molecule has 0 N–H and O–H groups in total. The fourth-order valence-corrected chi connectivity index (χ4v) is 3.28. The largest absolute Gasteiger partial charge is 0.282 e. The van der Waals surface area contributed by atoms with Gasteiger partial charge in [-0.25, -0.2) is 0 Å². The lowest BCUT2D eigenvalue weighted by molar-refractivity contribution is -0.140. The Morgan fingerprint density at radius 3 is 2.14 bits per heavy atom. The smallest absolute Gasteiger partial charge is 0.233 e. The summed E-state index contributed by atoms with van der Waals surface area (Å²) in [6, 6.07) is 0. The van der Waals surface area contributed by atoms with Gasteiger partial charge in [0.1, 0.15) is 0 Å². The van der Waals surface area contributed by atoms with Gasteiger partial charge in [0.2, 0.25) is 11.8 Å². The number of allylic oxidation sites excluding steroid dienone is 2. The van der Waals surface area contributed by atoms with Crippen molar-refractivity contribution in [2.45, 2.75) is 13.3 Å². The first-order valence-corrected chi connectivity index (χ1v) is 5.27.